The molecule has 0 radical (unpaired) electrons. The molecule has 106 valence electrons. The average Bonchev–Trinajstić information content (AvgIpc) is 2.30. The van der Waals surface area contributed by atoms with Gasteiger partial charge in [0.15, 0.2) is 6.10 Å². The molecule has 0 amide bonds. The van der Waals surface area contributed by atoms with Crippen LogP contribution in [0.1, 0.15) is 13.8 Å². The van der Waals surface area contributed by atoms with Crippen molar-refractivity contribution in [1.82, 2.24) is 0 Å². The van der Waals surface area contributed by atoms with Gasteiger partial charge in [-0.15, -0.1) is 0 Å². The standard InChI is InChI=1S/C10H18O8/c1-5(12)17-4-8(18-6(2)13)10(16)9(15)7(14)3-11/h7-11,14-16H,3-4H2,1-2H3. The summed E-state index contributed by atoms with van der Waals surface area (Å²) in [6, 6.07) is 0. The van der Waals surface area contributed by atoms with Gasteiger partial charge < -0.3 is 29.9 Å². The van der Waals surface area contributed by atoms with E-state index in [1.165, 1.54) is 0 Å². The van der Waals surface area contributed by atoms with Crippen molar-refractivity contribution in [1.29, 1.82) is 0 Å². The molecule has 0 rings (SSSR count). The molecule has 0 aliphatic rings. The van der Waals surface area contributed by atoms with Crippen LogP contribution in [0.3, 0.4) is 0 Å². The third-order valence-corrected chi connectivity index (χ3v) is 2.08. The molecule has 4 N–H and O–H groups in total. The Hall–Kier alpha value is -1.22. The number of aliphatic hydroxyl groups is 4. The van der Waals surface area contributed by atoms with Gasteiger partial charge in [0, 0.05) is 13.8 Å². The van der Waals surface area contributed by atoms with Crippen LogP contribution in [0.25, 0.3) is 0 Å². The zero-order chi connectivity index (χ0) is 14.3. The number of carbonyl (C=O) groups excluding carboxylic acids is 2. The molecule has 0 aromatic rings. The molecule has 4 atom stereocenters. The summed E-state index contributed by atoms with van der Waals surface area (Å²) in [6.07, 6.45) is -6.37. The Morgan fingerprint density at radius 1 is 1.06 bits per heavy atom. The predicted molar refractivity (Wildman–Crippen MR) is 57.3 cm³/mol. The molecule has 0 aliphatic heterocycles. The van der Waals surface area contributed by atoms with E-state index < -0.39 is 49.6 Å². The highest BCUT2D eigenvalue weighted by Gasteiger charge is 2.33. The zero-order valence-electron chi connectivity index (χ0n) is 10.1. The lowest BCUT2D eigenvalue weighted by atomic mass is 10.0. The normalized spacial score (nSPS) is 17.4. The summed E-state index contributed by atoms with van der Waals surface area (Å²) in [5.41, 5.74) is 0. The average molecular weight is 266 g/mol. The van der Waals surface area contributed by atoms with Gasteiger partial charge in [-0.3, -0.25) is 9.59 Å². The van der Waals surface area contributed by atoms with Gasteiger partial charge in [0.05, 0.1) is 6.61 Å². The lowest BCUT2D eigenvalue weighted by molar-refractivity contribution is -0.175. The fourth-order valence-corrected chi connectivity index (χ4v) is 1.17. The second-order valence-corrected chi connectivity index (χ2v) is 3.68. The molecule has 0 aromatic carbocycles. The quantitative estimate of drug-likeness (QED) is 0.373. The minimum atomic E-state index is -1.74. The third kappa shape index (κ3) is 5.92. The highest BCUT2D eigenvalue weighted by molar-refractivity contribution is 5.67. The highest BCUT2D eigenvalue weighted by atomic mass is 16.6. The number of rotatable bonds is 7. The van der Waals surface area contributed by atoms with E-state index in [4.69, 9.17) is 10.2 Å². The maximum Gasteiger partial charge on any atom is 0.303 e. The van der Waals surface area contributed by atoms with Crippen LogP contribution < -0.4 is 0 Å². The smallest absolute Gasteiger partial charge is 0.303 e. The van der Waals surface area contributed by atoms with Gasteiger partial charge in [0.25, 0.3) is 0 Å². The number of aliphatic hydroxyl groups excluding tert-OH is 4. The van der Waals surface area contributed by atoms with E-state index in [9.17, 15) is 19.8 Å². The van der Waals surface area contributed by atoms with Crippen molar-refractivity contribution in [2.75, 3.05) is 13.2 Å². The molecular weight excluding hydrogens is 248 g/mol. The van der Waals surface area contributed by atoms with Crippen molar-refractivity contribution in [2.45, 2.75) is 38.3 Å². The molecular formula is C10H18O8. The summed E-state index contributed by atoms with van der Waals surface area (Å²) in [5.74, 6) is -1.41. The Labute approximate surface area is 104 Å². The molecule has 0 bridgehead atoms. The van der Waals surface area contributed by atoms with E-state index in [2.05, 4.69) is 9.47 Å². The van der Waals surface area contributed by atoms with Gasteiger partial charge in [-0.2, -0.15) is 0 Å². The van der Waals surface area contributed by atoms with Crippen molar-refractivity contribution in [3.05, 3.63) is 0 Å². The first kappa shape index (κ1) is 16.8. The summed E-state index contributed by atoms with van der Waals surface area (Å²) in [7, 11) is 0. The number of hydrogen-bond donors (Lipinski definition) is 4. The first-order valence-corrected chi connectivity index (χ1v) is 5.25. The number of ether oxygens (including phenoxy) is 2. The maximum absolute atomic E-state index is 10.8. The summed E-state index contributed by atoms with van der Waals surface area (Å²) < 4.78 is 9.22. The molecule has 0 fully saturated rings. The van der Waals surface area contributed by atoms with Gasteiger partial charge in [-0.1, -0.05) is 0 Å². The van der Waals surface area contributed by atoms with Crippen LogP contribution in [0.2, 0.25) is 0 Å². The summed E-state index contributed by atoms with van der Waals surface area (Å²) in [5, 5.41) is 36.9. The summed E-state index contributed by atoms with van der Waals surface area (Å²) in [4.78, 5) is 21.4. The van der Waals surface area contributed by atoms with Crippen LogP contribution in [0, 0.1) is 0 Å². The van der Waals surface area contributed by atoms with Gasteiger partial charge in [0.2, 0.25) is 0 Å². The molecule has 0 saturated heterocycles. The van der Waals surface area contributed by atoms with Crippen molar-refractivity contribution >= 4 is 11.9 Å². The van der Waals surface area contributed by atoms with E-state index in [-0.39, 0.29) is 0 Å². The number of hydrogen-bond acceptors (Lipinski definition) is 8. The molecule has 0 aliphatic carbocycles. The molecule has 4 unspecified atom stereocenters. The second-order valence-electron chi connectivity index (χ2n) is 3.68. The van der Waals surface area contributed by atoms with E-state index in [0.717, 1.165) is 13.8 Å². The zero-order valence-corrected chi connectivity index (χ0v) is 10.1. The van der Waals surface area contributed by atoms with Crippen molar-refractivity contribution in [3.8, 4) is 0 Å². The third-order valence-electron chi connectivity index (χ3n) is 2.08. The molecule has 0 aromatic heterocycles. The maximum atomic E-state index is 10.8. The molecule has 0 heterocycles. The Morgan fingerprint density at radius 2 is 1.61 bits per heavy atom. The molecule has 8 nitrogen and oxygen atoms in total. The Balaban J connectivity index is 4.61. The van der Waals surface area contributed by atoms with E-state index in [1.54, 1.807) is 0 Å². The highest BCUT2D eigenvalue weighted by Crippen LogP contribution is 2.09. The van der Waals surface area contributed by atoms with Crippen molar-refractivity contribution in [3.63, 3.8) is 0 Å². The lowest BCUT2D eigenvalue weighted by Crippen LogP contribution is -2.49. The van der Waals surface area contributed by atoms with E-state index in [0.29, 0.717) is 0 Å². The minimum absolute atomic E-state index is 0.467. The molecule has 18 heavy (non-hydrogen) atoms. The monoisotopic (exact) mass is 266 g/mol. The van der Waals surface area contributed by atoms with Gasteiger partial charge in [0.1, 0.15) is 24.9 Å². The van der Waals surface area contributed by atoms with Crippen LogP contribution >= 0.6 is 0 Å². The van der Waals surface area contributed by atoms with Crippen LogP contribution in [0.15, 0.2) is 0 Å². The predicted octanol–water partition coefficient (Wildman–Crippen LogP) is -2.44. The van der Waals surface area contributed by atoms with Crippen LogP contribution in [-0.4, -0.2) is 70.0 Å². The van der Waals surface area contributed by atoms with Gasteiger partial charge in [-0.25, -0.2) is 0 Å². The number of esters is 2. The fraction of sp³-hybridized carbons (Fsp3) is 0.800. The first-order valence-electron chi connectivity index (χ1n) is 5.25. The fourth-order valence-electron chi connectivity index (χ4n) is 1.17. The van der Waals surface area contributed by atoms with Crippen molar-refractivity contribution < 1.29 is 39.5 Å². The summed E-state index contributed by atoms with van der Waals surface area (Å²) in [6.45, 7) is 0.947. The van der Waals surface area contributed by atoms with Crippen LogP contribution in [0.4, 0.5) is 0 Å². The van der Waals surface area contributed by atoms with Crippen molar-refractivity contribution in [2.24, 2.45) is 0 Å². The molecule has 8 heteroatoms. The Bertz CT molecular complexity index is 279. The largest absolute Gasteiger partial charge is 0.462 e. The molecule has 0 spiro atoms. The first-order chi connectivity index (χ1) is 8.29. The summed E-state index contributed by atoms with van der Waals surface area (Å²) >= 11 is 0. The Morgan fingerprint density at radius 3 is 2.00 bits per heavy atom. The van der Waals surface area contributed by atoms with E-state index >= 15 is 0 Å². The van der Waals surface area contributed by atoms with Crippen LogP contribution in [-0.2, 0) is 19.1 Å². The topological polar surface area (TPSA) is 134 Å². The molecule has 0 saturated carbocycles. The Kier molecular flexibility index (Phi) is 7.44. The van der Waals surface area contributed by atoms with E-state index in [1.807, 2.05) is 0 Å². The minimum Gasteiger partial charge on any atom is -0.462 e. The lowest BCUT2D eigenvalue weighted by Gasteiger charge is -2.27. The van der Waals surface area contributed by atoms with Gasteiger partial charge in [-0.05, 0) is 0 Å². The SMILES string of the molecule is CC(=O)OCC(OC(C)=O)C(O)C(O)C(O)CO. The van der Waals surface area contributed by atoms with Gasteiger partial charge >= 0.3 is 11.9 Å². The van der Waals surface area contributed by atoms with Crippen LogP contribution in [0.5, 0.6) is 0 Å². The second kappa shape index (κ2) is 7.98. The number of carbonyl (C=O) groups is 2.